The van der Waals surface area contributed by atoms with Gasteiger partial charge in [0.2, 0.25) is 5.89 Å². The molecule has 2 aromatic carbocycles. The number of nitrogens with two attached hydrogens (primary N) is 1. The summed E-state index contributed by atoms with van der Waals surface area (Å²) in [6, 6.07) is 11.5. The topological polar surface area (TPSA) is 52.0 Å². The molecule has 3 aromatic rings. The Morgan fingerprint density at radius 3 is 2.83 bits per heavy atom. The van der Waals surface area contributed by atoms with Gasteiger partial charge in [-0.25, -0.2) is 4.98 Å². The van der Waals surface area contributed by atoms with Gasteiger partial charge in [-0.3, -0.25) is 0 Å². The Morgan fingerprint density at radius 2 is 2.06 bits per heavy atom. The summed E-state index contributed by atoms with van der Waals surface area (Å²) in [6.45, 7) is 0. The van der Waals surface area contributed by atoms with Crippen molar-refractivity contribution in [3.8, 4) is 11.5 Å². The van der Waals surface area contributed by atoms with Gasteiger partial charge >= 0.3 is 0 Å². The molecule has 18 heavy (non-hydrogen) atoms. The van der Waals surface area contributed by atoms with Crippen molar-refractivity contribution in [1.29, 1.82) is 0 Å². The zero-order valence-corrected chi connectivity index (χ0v) is 12.9. The van der Waals surface area contributed by atoms with Crippen molar-refractivity contribution < 1.29 is 4.42 Å². The minimum absolute atomic E-state index is 0.591. The fraction of sp³-hybridized carbons (Fsp3) is 0. The molecule has 0 spiro atoms. The number of hydrogen-bond donors (Lipinski definition) is 1. The SMILES string of the molecule is Nc1cccc2oc(-c3cc(Br)ccc3I)nc12. The van der Waals surface area contributed by atoms with E-state index in [0.29, 0.717) is 22.7 Å². The maximum atomic E-state index is 5.88. The lowest BCUT2D eigenvalue weighted by Gasteiger charge is -1.99. The smallest absolute Gasteiger partial charge is 0.228 e. The summed E-state index contributed by atoms with van der Waals surface area (Å²) in [5.74, 6) is 0.591. The molecule has 5 heteroatoms. The zero-order valence-electron chi connectivity index (χ0n) is 9.15. The van der Waals surface area contributed by atoms with E-state index < -0.39 is 0 Å². The number of aromatic nitrogens is 1. The maximum absolute atomic E-state index is 5.88. The van der Waals surface area contributed by atoms with Crippen LogP contribution in [0, 0.1) is 3.57 Å². The molecule has 2 N–H and O–H groups in total. The van der Waals surface area contributed by atoms with Gasteiger partial charge in [-0.1, -0.05) is 22.0 Å². The van der Waals surface area contributed by atoms with Gasteiger partial charge in [-0.15, -0.1) is 0 Å². The first kappa shape index (κ1) is 12.0. The van der Waals surface area contributed by atoms with Crippen LogP contribution in [0.15, 0.2) is 45.3 Å². The van der Waals surface area contributed by atoms with Crippen LogP contribution >= 0.6 is 38.5 Å². The summed E-state index contributed by atoms with van der Waals surface area (Å²) in [5.41, 5.74) is 8.89. The van der Waals surface area contributed by atoms with E-state index in [-0.39, 0.29) is 0 Å². The fourth-order valence-corrected chi connectivity index (χ4v) is 2.67. The van der Waals surface area contributed by atoms with Gasteiger partial charge in [0.1, 0.15) is 5.52 Å². The minimum Gasteiger partial charge on any atom is -0.436 e. The third-order valence-corrected chi connectivity index (χ3v) is 4.04. The Bertz CT molecular complexity index is 739. The van der Waals surface area contributed by atoms with Crippen molar-refractivity contribution in [3.05, 3.63) is 44.4 Å². The number of benzene rings is 2. The molecule has 0 aliphatic carbocycles. The Hall–Kier alpha value is -1.08. The zero-order chi connectivity index (χ0) is 12.7. The predicted octanol–water partition coefficient (Wildman–Crippen LogP) is 4.44. The normalized spacial score (nSPS) is 11.0. The molecule has 1 aromatic heterocycles. The molecular weight excluding hydrogens is 407 g/mol. The first-order chi connectivity index (χ1) is 8.65. The summed E-state index contributed by atoms with van der Waals surface area (Å²) in [4.78, 5) is 4.47. The molecule has 1 heterocycles. The summed E-state index contributed by atoms with van der Waals surface area (Å²) < 4.78 is 7.83. The van der Waals surface area contributed by atoms with E-state index in [0.717, 1.165) is 13.6 Å². The van der Waals surface area contributed by atoms with E-state index in [9.17, 15) is 0 Å². The van der Waals surface area contributed by atoms with Crippen molar-refractivity contribution in [3.63, 3.8) is 0 Å². The van der Waals surface area contributed by atoms with Gasteiger partial charge < -0.3 is 10.2 Å². The predicted molar refractivity (Wildman–Crippen MR) is 84.3 cm³/mol. The van der Waals surface area contributed by atoms with E-state index in [1.54, 1.807) is 0 Å². The van der Waals surface area contributed by atoms with Crippen LogP contribution in [-0.4, -0.2) is 4.98 Å². The van der Waals surface area contributed by atoms with Gasteiger partial charge in [-0.05, 0) is 52.9 Å². The molecule has 0 bridgehead atoms. The maximum Gasteiger partial charge on any atom is 0.228 e. The summed E-state index contributed by atoms with van der Waals surface area (Å²) in [7, 11) is 0. The van der Waals surface area contributed by atoms with E-state index in [2.05, 4.69) is 43.5 Å². The molecular formula is C13H8BrIN2O. The average Bonchev–Trinajstić information content (AvgIpc) is 2.77. The van der Waals surface area contributed by atoms with Crippen molar-refractivity contribution in [1.82, 2.24) is 4.98 Å². The number of para-hydroxylation sites is 1. The molecule has 3 rings (SSSR count). The van der Waals surface area contributed by atoms with Crippen molar-refractivity contribution in [2.24, 2.45) is 0 Å². The van der Waals surface area contributed by atoms with Crippen LogP contribution < -0.4 is 5.73 Å². The highest BCUT2D eigenvalue weighted by Gasteiger charge is 2.12. The lowest BCUT2D eigenvalue weighted by Crippen LogP contribution is -1.86. The molecule has 3 nitrogen and oxygen atoms in total. The van der Waals surface area contributed by atoms with Gasteiger partial charge in [-0.2, -0.15) is 0 Å². The Labute approximate surface area is 126 Å². The standard InChI is InChI=1S/C13H8BrIN2O/c14-7-4-5-9(15)8(6-7)13-17-12-10(16)2-1-3-11(12)18-13/h1-6H,16H2. The highest BCUT2D eigenvalue weighted by Crippen LogP contribution is 2.31. The number of nitrogen functional groups attached to an aromatic ring is 1. The van der Waals surface area contributed by atoms with Crippen molar-refractivity contribution in [2.75, 3.05) is 5.73 Å². The third-order valence-electron chi connectivity index (χ3n) is 2.61. The molecule has 0 radical (unpaired) electrons. The molecule has 0 amide bonds. The number of rotatable bonds is 1. The number of fused-ring (bicyclic) bond motifs is 1. The second-order valence-corrected chi connectivity index (χ2v) is 5.92. The quantitative estimate of drug-likeness (QED) is 0.473. The van der Waals surface area contributed by atoms with Crippen LogP contribution in [0.1, 0.15) is 0 Å². The monoisotopic (exact) mass is 414 g/mol. The second-order valence-electron chi connectivity index (χ2n) is 3.84. The van der Waals surface area contributed by atoms with Crippen molar-refractivity contribution in [2.45, 2.75) is 0 Å². The summed E-state index contributed by atoms with van der Waals surface area (Å²) in [6.07, 6.45) is 0. The highest BCUT2D eigenvalue weighted by molar-refractivity contribution is 14.1. The van der Waals surface area contributed by atoms with Gasteiger partial charge in [0, 0.05) is 8.04 Å². The van der Waals surface area contributed by atoms with E-state index >= 15 is 0 Å². The van der Waals surface area contributed by atoms with Crippen LogP contribution in [0.25, 0.3) is 22.6 Å². The first-order valence-corrected chi connectivity index (χ1v) is 7.13. The Morgan fingerprint density at radius 1 is 1.22 bits per heavy atom. The summed E-state index contributed by atoms with van der Waals surface area (Å²) in [5, 5.41) is 0. The number of anilines is 1. The highest BCUT2D eigenvalue weighted by atomic mass is 127. The molecule has 0 atom stereocenters. The van der Waals surface area contributed by atoms with Crippen LogP contribution in [-0.2, 0) is 0 Å². The molecule has 0 saturated heterocycles. The lowest BCUT2D eigenvalue weighted by atomic mass is 10.2. The number of nitrogens with zero attached hydrogens (tertiary/aromatic N) is 1. The van der Waals surface area contributed by atoms with E-state index in [4.69, 9.17) is 10.2 Å². The van der Waals surface area contributed by atoms with Crippen LogP contribution in [0.5, 0.6) is 0 Å². The third kappa shape index (κ3) is 2.01. The second kappa shape index (κ2) is 4.55. The Kier molecular flexibility index (Phi) is 3.03. The summed E-state index contributed by atoms with van der Waals surface area (Å²) >= 11 is 5.72. The van der Waals surface area contributed by atoms with Crippen LogP contribution in [0.2, 0.25) is 0 Å². The molecule has 0 aliphatic heterocycles. The van der Waals surface area contributed by atoms with E-state index in [1.165, 1.54) is 0 Å². The van der Waals surface area contributed by atoms with Gasteiger partial charge in [0.25, 0.3) is 0 Å². The number of hydrogen-bond acceptors (Lipinski definition) is 3. The van der Waals surface area contributed by atoms with Gasteiger partial charge in [0.15, 0.2) is 5.58 Å². The molecule has 90 valence electrons. The molecule has 0 fully saturated rings. The average molecular weight is 415 g/mol. The van der Waals surface area contributed by atoms with Crippen molar-refractivity contribution >= 4 is 55.3 Å². The van der Waals surface area contributed by atoms with Crippen LogP contribution in [0.3, 0.4) is 0 Å². The lowest BCUT2D eigenvalue weighted by molar-refractivity contribution is 0.619. The number of oxazole rings is 1. The first-order valence-electron chi connectivity index (χ1n) is 5.25. The van der Waals surface area contributed by atoms with Gasteiger partial charge in [0.05, 0.1) is 11.3 Å². The minimum atomic E-state index is 0.591. The molecule has 0 aliphatic rings. The number of halogens is 2. The molecule has 0 saturated carbocycles. The van der Waals surface area contributed by atoms with E-state index in [1.807, 2.05) is 36.4 Å². The largest absolute Gasteiger partial charge is 0.436 e. The molecule has 0 unspecified atom stereocenters. The Balaban J connectivity index is 2.26. The fourth-order valence-electron chi connectivity index (χ4n) is 1.75. The van der Waals surface area contributed by atoms with Crippen LogP contribution in [0.4, 0.5) is 5.69 Å².